The summed E-state index contributed by atoms with van der Waals surface area (Å²) in [6.45, 7) is 7.39. The Morgan fingerprint density at radius 2 is 1.72 bits per heavy atom. The van der Waals surface area contributed by atoms with Crippen LogP contribution in [0.2, 0.25) is 0 Å². The average Bonchev–Trinajstić information content (AvgIpc) is 3.44. The van der Waals surface area contributed by atoms with Gasteiger partial charge in [-0.3, -0.25) is 4.79 Å². The van der Waals surface area contributed by atoms with Gasteiger partial charge in [0, 0.05) is 61.4 Å². The third kappa shape index (κ3) is 6.78. The molecule has 2 atom stereocenters. The van der Waals surface area contributed by atoms with Gasteiger partial charge in [0.25, 0.3) is 0 Å². The van der Waals surface area contributed by atoms with Gasteiger partial charge in [0.05, 0.1) is 12.8 Å². The summed E-state index contributed by atoms with van der Waals surface area (Å²) < 4.78 is 5.57. The molecule has 2 unspecified atom stereocenters. The Labute approximate surface area is 253 Å². The molecule has 5 rings (SSSR count). The van der Waals surface area contributed by atoms with Crippen LogP contribution in [-0.2, 0) is 11.3 Å². The van der Waals surface area contributed by atoms with Crippen LogP contribution < -0.4 is 20.3 Å². The molecule has 9 nitrogen and oxygen atoms in total. The van der Waals surface area contributed by atoms with E-state index in [9.17, 15) is 9.59 Å². The number of piperazine rings is 1. The lowest BCUT2D eigenvalue weighted by atomic mass is 9.92. The molecule has 1 saturated heterocycles. The zero-order valence-corrected chi connectivity index (χ0v) is 25.7. The van der Waals surface area contributed by atoms with Crippen molar-refractivity contribution in [1.82, 2.24) is 20.1 Å². The van der Waals surface area contributed by atoms with Crippen LogP contribution in [-0.4, -0.2) is 80.1 Å². The molecule has 1 aliphatic rings. The summed E-state index contributed by atoms with van der Waals surface area (Å²) >= 11 is 0. The number of rotatable bonds is 9. The van der Waals surface area contributed by atoms with Crippen molar-refractivity contribution in [2.75, 3.05) is 57.6 Å². The quantitative estimate of drug-likeness (QED) is 0.253. The first-order valence-electron chi connectivity index (χ1n) is 14.8. The topological polar surface area (TPSA) is 92.9 Å². The van der Waals surface area contributed by atoms with Crippen molar-refractivity contribution < 1.29 is 14.3 Å². The average molecular weight is 583 g/mol. The number of urea groups is 1. The number of aromatic amines is 1. The van der Waals surface area contributed by atoms with E-state index >= 15 is 0 Å². The van der Waals surface area contributed by atoms with Crippen molar-refractivity contribution in [3.63, 3.8) is 0 Å². The van der Waals surface area contributed by atoms with Gasteiger partial charge in [0.1, 0.15) is 11.8 Å². The predicted octanol–water partition coefficient (Wildman–Crippen LogP) is 5.19. The van der Waals surface area contributed by atoms with Gasteiger partial charge >= 0.3 is 6.03 Å². The second-order valence-corrected chi connectivity index (χ2v) is 11.5. The fourth-order valence-corrected chi connectivity index (χ4v) is 5.89. The van der Waals surface area contributed by atoms with Crippen LogP contribution in [0.5, 0.6) is 5.75 Å². The summed E-state index contributed by atoms with van der Waals surface area (Å²) in [7, 11) is 5.58. The number of nitrogens with zero attached hydrogens (tertiary/aromatic N) is 3. The molecule has 3 N–H and O–H groups in total. The van der Waals surface area contributed by atoms with Crippen molar-refractivity contribution >= 4 is 34.2 Å². The third-order valence-corrected chi connectivity index (χ3v) is 8.22. The molecule has 1 aliphatic heterocycles. The Morgan fingerprint density at radius 3 is 2.44 bits per heavy atom. The number of ether oxygens (including phenoxy) is 1. The minimum Gasteiger partial charge on any atom is -0.495 e. The number of methoxy groups -OCH3 is 1. The fourth-order valence-electron chi connectivity index (χ4n) is 5.89. The number of amides is 3. The molecule has 9 heteroatoms. The summed E-state index contributed by atoms with van der Waals surface area (Å²) in [6.07, 6.45) is 1.93. The van der Waals surface area contributed by atoms with E-state index in [1.165, 1.54) is 11.3 Å². The van der Waals surface area contributed by atoms with Crippen LogP contribution in [0, 0.1) is 6.92 Å². The summed E-state index contributed by atoms with van der Waals surface area (Å²) in [5, 5.41) is 7.21. The highest BCUT2D eigenvalue weighted by atomic mass is 16.5. The number of hydrogen-bond acceptors (Lipinski definition) is 5. The summed E-state index contributed by atoms with van der Waals surface area (Å²) in [5.74, 6) is -0.0534. The number of para-hydroxylation sites is 2. The molecule has 3 amide bonds. The number of benzene rings is 3. The number of anilines is 2. The molecule has 0 bridgehead atoms. The second kappa shape index (κ2) is 13.2. The first-order valence-corrected chi connectivity index (χ1v) is 14.8. The van der Waals surface area contributed by atoms with Crippen LogP contribution in [0.4, 0.5) is 16.2 Å². The van der Waals surface area contributed by atoms with Crippen molar-refractivity contribution in [3.05, 3.63) is 89.6 Å². The molecular formula is C34H42N6O3. The van der Waals surface area contributed by atoms with Gasteiger partial charge in [-0.2, -0.15) is 0 Å². The molecule has 0 saturated carbocycles. The molecule has 0 spiro atoms. The minimum atomic E-state index is -0.830. The van der Waals surface area contributed by atoms with E-state index < -0.39 is 6.04 Å². The molecular weight excluding hydrogens is 540 g/mol. The standard InChI is InChI=1S/C34H42N6O3/c1-23-10-6-9-13-30(23)39-16-18-40(19-17-39)34(42)37-32(24(2)27-21-35-28-12-8-7-11-26(27)28)33(41)36-29-20-25(22-38(3)4)14-15-31(29)43-5/h6-15,20-21,24,32,35H,16-19,22H2,1-5H3,(H,36,41)(H,37,42). The Balaban J connectivity index is 1.37. The van der Waals surface area contributed by atoms with Gasteiger partial charge in [-0.25, -0.2) is 4.79 Å². The van der Waals surface area contributed by atoms with Gasteiger partial charge in [-0.05, 0) is 62.0 Å². The van der Waals surface area contributed by atoms with Gasteiger partial charge in [-0.15, -0.1) is 0 Å². The number of fused-ring (bicyclic) bond motifs is 1. The number of aryl methyl sites for hydroxylation is 1. The highest BCUT2D eigenvalue weighted by molar-refractivity contribution is 5.99. The molecule has 226 valence electrons. The van der Waals surface area contributed by atoms with Crippen LogP contribution >= 0.6 is 0 Å². The van der Waals surface area contributed by atoms with Gasteiger partial charge in [0.2, 0.25) is 5.91 Å². The van der Waals surface area contributed by atoms with E-state index in [1.54, 1.807) is 12.0 Å². The van der Waals surface area contributed by atoms with Gasteiger partial charge in [-0.1, -0.05) is 49.4 Å². The van der Waals surface area contributed by atoms with E-state index in [2.05, 4.69) is 44.5 Å². The normalized spacial score (nSPS) is 14.9. The minimum absolute atomic E-state index is 0.246. The summed E-state index contributed by atoms with van der Waals surface area (Å²) in [6, 6.07) is 21.0. The predicted molar refractivity (Wildman–Crippen MR) is 173 cm³/mol. The number of aromatic nitrogens is 1. The van der Waals surface area contributed by atoms with Crippen LogP contribution in [0.1, 0.15) is 29.5 Å². The lowest BCUT2D eigenvalue weighted by Crippen LogP contribution is -2.56. The molecule has 2 heterocycles. The number of hydrogen-bond donors (Lipinski definition) is 3. The zero-order chi connectivity index (χ0) is 30.5. The van der Waals surface area contributed by atoms with Crippen molar-refractivity contribution in [2.45, 2.75) is 32.4 Å². The maximum Gasteiger partial charge on any atom is 0.318 e. The second-order valence-electron chi connectivity index (χ2n) is 11.5. The third-order valence-electron chi connectivity index (χ3n) is 8.22. The Morgan fingerprint density at radius 1 is 1.00 bits per heavy atom. The maximum atomic E-state index is 14.1. The number of nitrogens with one attached hydrogen (secondary N) is 3. The smallest absolute Gasteiger partial charge is 0.318 e. The Hall–Kier alpha value is -4.50. The molecule has 0 radical (unpaired) electrons. The van der Waals surface area contributed by atoms with Gasteiger partial charge < -0.3 is 35.1 Å². The van der Waals surface area contributed by atoms with Crippen molar-refractivity contribution in [3.8, 4) is 5.75 Å². The summed E-state index contributed by atoms with van der Waals surface area (Å²) in [4.78, 5) is 37.2. The zero-order valence-electron chi connectivity index (χ0n) is 25.7. The lowest BCUT2D eigenvalue weighted by Gasteiger charge is -2.37. The van der Waals surface area contributed by atoms with E-state index in [0.29, 0.717) is 31.1 Å². The van der Waals surface area contributed by atoms with E-state index in [4.69, 9.17) is 4.74 Å². The SMILES string of the molecule is COc1ccc(CN(C)C)cc1NC(=O)C(NC(=O)N1CCN(c2ccccc2C)CC1)C(C)c1c[nH]c2ccccc12. The van der Waals surface area contributed by atoms with E-state index in [1.807, 2.05) is 81.8 Å². The summed E-state index contributed by atoms with van der Waals surface area (Å²) in [5.41, 5.74) is 5.98. The number of H-pyrrole nitrogens is 1. The Bertz CT molecular complexity index is 1570. The largest absolute Gasteiger partial charge is 0.495 e. The van der Waals surface area contributed by atoms with Crippen molar-refractivity contribution in [2.24, 2.45) is 0 Å². The Kier molecular flexibility index (Phi) is 9.21. The molecule has 3 aromatic carbocycles. The van der Waals surface area contributed by atoms with E-state index in [-0.39, 0.29) is 17.9 Å². The first-order chi connectivity index (χ1) is 20.7. The maximum absolute atomic E-state index is 14.1. The van der Waals surface area contributed by atoms with Crippen molar-refractivity contribution in [1.29, 1.82) is 0 Å². The molecule has 4 aromatic rings. The first kappa shape index (κ1) is 30.0. The highest BCUT2D eigenvalue weighted by Gasteiger charge is 2.32. The van der Waals surface area contributed by atoms with Crippen LogP contribution in [0.3, 0.4) is 0 Å². The van der Waals surface area contributed by atoms with Crippen LogP contribution in [0.15, 0.2) is 72.9 Å². The molecule has 43 heavy (non-hydrogen) atoms. The fraction of sp³-hybridized carbons (Fsp3) is 0.353. The van der Waals surface area contributed by atoms with Gasteiger partial charge in [0.15, 0.2) is 0 Å². The lowest BCUT2D eigenvalue weighted by molar-refractivity contribution is -0.118. The number of carbonyl (C=O) groups is 2. The molecule has 1 aromatic heterocycles. The molecule has 1 fully saturated rings. The monoisotopic (exact) mass is 582 g/mol. The number of carbonyl (C=O) groups excluding carboxylic acids is 2. The van der Waals surface area contributed by atoms with E-state index in [0.717, 1.165) is 35.1 Å². The highest BCUT2D eigenvalue weighted by Crippen LogP contribution is 2.31. The molecule has 0 aliphatic carbocycles. The van der Waals surface area contributed by atoms with Crippen LogP contribution in [0.25, 0.3) is 10.9 Å².